The Morgan fingerprint density at radius 1 is 1.29 bits per heavy atom. The molecule has 17 heavy (non-hydrogen) atoms. The number of nitrogens with one attached hydrogen (secondary N) is 1. The molecule has 3 heteroatoms. The average molecular weight is 243 g/mol. The minimum atomic E-state index is 0.209. The topological polar surface area (TPSA) is 30.5 Å². The Morgan fingerprint density at radius 2 is 1.94 bits per heavy atom. The number of hydrogen-bond acceptors (Lipinski definition) is 3. The summed E-state index contributed by atoms with van der Waals surface area (Å²) in [6.45, 7) is 12.5. The van der Waals surface area contributed by atoms with Crippen LogP contribution in [0, 0.1) is 5.92 Å². The molecule has 1 saturated heterocycles. The molecule has 1 N–H and O–H groups in total. The second-order valence-electron chi connectivity index (χ2n) is 6.17. The average Bonchev–Trinajstić information content (AvgIpc) is 2.26. The smallest absolute Gasteiger partial charge is 0.0559 e. The van der Waals surface area contributed by atoms with Gasteiger partial charge in [-0.3, -0.25) is 0 Å². The lowest BCUT2D eigenvalue weighted by atomic mass is 10.0. The summed E-state index contributed by atoms with van der Waals surface area (Å²) >= 11 is 0. The molecule has 3 nitrogen and oxygen atoms in total. The van der Waals surface area contributed by atoms with Gasteiger partial charge in [0.05, 0.1) is 6.10 Å². The molecule has 1 atom stereocenters. The summed E-state index contributed by atoms with van der Waals surface area (Å²) in [5.74, 6) is 0.710. The molecule has 0 spiro atoms. The Morgan fingerprint density at radius 3 is 2.53 bits per heavy atom. The van der Waals surface area contributed by atoms with Crippen LogP contribution in [0.3, 0.4) is 0 Å². The van der Waals surface area contributed by atoms with Crippen molar-refractivity contribution in [1.82, 2.24) is 5.32 Å². The molecule has 0 radical (unpaired) electrons. The van der Waals surface area contributed by atoms with Crippen LogP contribution in [0.15, 0.2) is 0 Å². The normalized spacial score (nSPS) is 20.5. The highest BCUT2D eigenvalue weighted by Gasteiger charge is 2.15. The van der Waals surface area contributed by atoms with Crippen molar-refractivity contribution in [3.63, 3.8) is 0 Å². The minimum Gasteiger partial charge on any atom is -0.381 e. The van der Waals surface area contributed by atoms with Crippen LogP contribution in [0.25, 0.3) is 0 Å². The van der Waals surface area contributed by atoms with Crippen LogP contribution in [0.2, 0.25) is 0 Å². The molecule has 0 amide bonds. The van der Waals surface area contributed by atoms with Crippen molar-refractivity contribution in [3.05, 3.63) is 0 Å². The Bertz CT molecular complexity index is 195. The van der Waals surface area contributed by atoms with Crippen molar-refractivity contribution in [2.24, 2.45) is 5.92 Å². The first kappa shape index (κ1) is 14.9. The van der Waals surface area contributed by atoms with E-state index >= 15 is 0 Å². The number of rotatable bonds is 6. The first-order valence-corrected chi connectivity index (χ1v) is 6.92. The Hall–Kier alpha value is -0.120. The Kier molecular flexibility index (Phi) is 6.45. The maximum atomic E-state index is 5.90. The van der Waals surface area contributed by atoms with E-state index in [1.165, 1.54) is 0 Å². The van der Waals surface area contributed by atoms with E-state index in [2.05, 4.69) is 33.0 Å². The highest BCUT2D eigenvalue weighted by Crippen LogP contribution is 2.15. The van der Waals surface area contributed by atoms with Crippen molar-refractivity contribution >= 4 is 0 Å². The van der Waals surface area contributed by atoms with E-state index in [-0.39, 0.29) is 5.54 Å². The van der Waals surface area contributed by atoms with Crippen molar-refractivity contribution < 1.29 is 9.47 Å². The van der Waals surface area contributed by atoms with Crippen molar-refractivity contribution in [2.75, 3.05) is 26.4 Å². The molecular weight excluding hydrogens is 214 g/mol. The second kappa shape index (κ2) is 7.34. The van der Waals surface area contributed by atoms with E-state index in [4.69, 9.17) is 9.47 Å². The molecule has 1 heterocycles. The van der Waals surface area contributed by atoms with Crippen LogP contribution in [0.4, 0.5) is 0 Å². The van der Waals surface area contributed by atoms with E-state index in [0.717, 1.165) is 45.6 Å². The van der Waals surface area contributed by atoms with Crippen LogP contribution in [-0.2, 0) is 9.47 Å². The highest BCUT2D eigenvalue weighted by atomic mass is 16.5. The summed E-state index contributed by atoms with van der Waals surface area (Å²) in [6.07, 6.45) is 3.76. The lowest BCUT2D eigenvalue weighted by molar-refractivity contribution is -0.00733. The molecule has 0 aromatic heterocycles. The molecular formula is C14H29NO2. The van der Waals surface area contributed by atoms with Crippen molar-refractivity contribution in [2.45, 2.75) is 58.6 Å². The van der Waals surface area contributed by atoms with Gasteiger partial charge in [-0.2, -0.15) is 0 Å². The van der Waals surface area contributed by atoms with Gasteiger partial charge in [-0.05, 0) is 59.4 Å². The molecule has 0 aliphatic carbocycles. The molecule has 1 fully saturated rings. The maximum absolute atomic E-state index is 5.90. The largest absolute Gasteiger partial charge is 0.381 e. The van der Waals surface area contributed by atoms with Gasteiger partial charge in [0.1, 0.15) is 0 Å². The zero-order chi connectivity index (χ0) is 12.7. The molecule has 1 rings (SSSR count). The molecule has 0 aromatic rings. The predicted octanol–water partition coefficient (Wildman–Crippen LogP) is 2.60. The fourth-order valence-corrected chi connectivity index (χ4v) is 1.95. The van der Waals surface area contributed by atoms with Gasteiger partial charge >= 0.3 is 0 Å². The minimum absolute atomic E-state index is 0.209. The van der Waals surface area contributed by atoms with E-state index in [1.807, 2.05) is 0 Å². The summed E-state index contributed by atoms with van der Waals surface area (Å²) in [7, 11) is 0. The third kappa shape index (κ3) is 7.74. The van der Waals surface area contributed by atoms with E-state index in [1.54, 1.807) is 0 Å². The van der Waals surface area contributed by atoms with Crippen LogP contribution in [0.5, 0.6) is 0 Å². The SMILES string of the molecule is CC(CCNC(C)(C)C)OCC1CCOCC1. The van der Waals surface area contributed by atoms with Crippen molar-refractivity contribution in [3.8, 4) is 0 Å². The third-order valence-electron chi connectivity index (χ3n) is 3.16. The fourth-order valence-electron chi connectivity index (χ4n) is 1.95. The van der Waals surface area contributed by atoms with Crippen LogP contribution in [-0.4, -0.2) is 38.0 Å². The number of ether oxygens (including phenoxy) is 2. The van der Waals surface area contributed by atoms with Gasteiger partial charge in [0.15, 0.2) is 0 Å². The lowest BCUT2D eigenvalue weighted by Crippen LogP contribution is -2.37. The third-order valence-corrected chi connectivity index (χ3v) is 3.16. The molecule has 102 valence electrons. The number of hydrogen-bond donors (Lipinski definition) is 1. The van der Waals surface area contributed by atoms with Gasteiger partial charge in [-0.1, -0.05) is 0 Å². The van der Waals surface area contributed by atoms with Gasteiger partial charge < -0.3 is 14.8 Å². The zero-order valence-electron chi connectivity index (χ0n) is 11.9. The summed E-state index contributed by atoms with van der Waals surface area (Å²) in [5.41, 5.74) is 0.209. The standard InChI is InChI=1S/C14H29NO2/c1-12(5-8-15-14(2,3)4)17-11-13-6-9-16-10-7-13/h12-13,15H,5-11H2,1-4H3. The molecule has 0 saturated carbocycles. The highest BCUT2D eigenvalue weighted by molar-refractivity contribution is 4.71. The summed E-state index contributed by atoms with van der Waals surface area (Å²) < 4.78 is 11.2. The molecule has 1 aliphatic rings. The van der Waals surface area contributed by atoms with Gasteiger partial charge in [0.25, 0.3) is 0 Å². The first-order valence-electron chi connectivity index (χ1n) is 6.92. The van der Waals surface area contributed by atoms with Crippen molar-refractivity contribution in [1.29, 1.82) is 0 Å². The van der Waals surface area contributed by atoms with Gasteiger partial charge in [0.2, 0.25) is 0 Å². The zero-order valence-corrected chi connectivity index (χ0v) is 11.9. The quantitative estimate of drug-likeness (QED) is 0.778. The van der Waals surface area contributed by atoms with Crippen LogP contribution in [0.1, 0.15) is 47.0 Å². The predicted molar refractivity (Wildman–Crippen MR) is 71.3 cm³/mol. The first-order chi connectivity index (χ1) is 7.97. The summed E-state index contributed by atoms with van der Waals surface area (Å²) in [6, 6.07) is 0. The van der Waals surface area contributed by atoms with E-state index in [9.17, 15) is 0 Å². The maximum Gasteiger partial charge on any atom is 0.0559 e. The summed E-state index contributed by atoms with van der Waals surface area (Å²) in [4.78, 5) is 0. The molecule has 0 aromatic carbocycles. The Balaban J connectivity index is 2.02. The molecule has 1 unspecified atom stereocenters. The van der Waals surface area contributed by atoms with Gasteiger partial charge in [-0.25, -0.2) is 0 Å². The van der Waals surface area contributed by atoms with E-state index < -0.39 is 0 Å². The second-order valence-corrected chi connectivity index (χ2v) is 6.17. The molecule has 0 bridgehead atoms. The summed E-state index contributed by atoms with van der Waals surface area (Å²) in [5, 5.41) is 3.49. The monoisotopic (exact) mass is 243 g/mol. The molecule has 1 aliphatic heterocycles. The van der Waals surface area contributed by atoms with E-state index in [0.29, 0.717) is 12.0 Å². The Labute approximate surface area is 106 Å². The fraction of sp³-hybridized carbons (Fsp3) is 1.00. The van der Waals surface area contributed by atoms with Gasteiger partial charge in [-0.15, -0.1) is 0 Å². The van der Waals surface area contributed by atoms with Crippen LogP contribution >= 0.6 is 0 Å². The van der Waals surface area contributed by atoms with Crippen LogP contribution < -0.4 is 5.32 Å². The lowest BCUT2D eigenvalue weighted by Gasteiger charge is -2.25. The van der Waals surface area contributed by atoms with Gasteiger partial charge in [0, 0.05) is 25.4 Å².